The van der Waals surface area contributed by atoms with Crippen LogP contribution in [0.5, 0.6) is 5.75 Å². The Kier molecular flexibility index (Phi) is 5.16. The van der Waals surface area contributed by atoms with Crippen molar-refractivity contribution >= 4 is 28.1 Å². The number of hydrogen-bond donors (Lipinski definition) is 1. The van der Waals surface area contributed by atoms with Gasteiger partial charge in [0.2, 0.25) is 0 Å². The highest BCUT2D eigenvalue weighted by Gasteiger charge is 2.04. The van der Waals surface area contributed by atoms with Crippen molar-refractivity contribution in [3.8, 4) is 5.75 Å². The van der Waals surface area contributed by atoms with Crippen molar-refractivity contribution in [2.75, 3.05) is 6.61 Å². The van der Waals surface area contributed by atoms with E-state index < -0.39 is 0 Å². The van der Waals surface area contributed by atoms with Crippen molar-refractivity contribution in [2.45, 2.75) is 13.8 Å². The molecule has 1 N–H and O–H groups in total. The molecule has 110 valence electrons. The molecule has 0 spiro atoms. The summed E-state index contributed by atoms with van der Waals surface area (Å²) in [5.41, 5.74) is 3.33. The molecule has 0 saturated carbocycles. The van der Waals surface area contributed by atoms with Crippen LogP contribution in [-0.4, -0.2) is 18.7 Å². The molecule has 1 aromatic heterocycles. The standard InChI is InChI=1S/C15H15BrN2O3/c1-10-7-12(16)4-6-14(10)20-9-15(19)18-17-8-13-5-3-11(2)21-13/h3-8H,9H2,1-2H3,(H,18,19)/b17-8+. The number of aryl methyl sites for hydroxylation is 2. The van der Waals surface area contributed by atoms with Gasteiger partial charge in [0.1, 0.15) is 17.3 Å². The minimum Gasteiger partial charge on any atom is -0.483 e. The lowest BCUT2D eigenvalue weighted by molar-refractivity contribution is -0.123. The number of carbonyl (C=O) groups excluding carboxylic acids is 1. The van der Waals surface area contributed by atoms with Crippen LogP contribution in [0.4, 0.5) is 0 Å². The van der Waals surface area contributed by atoms with E-state index in [9.17, 15) is 4.79 Å². The average Bonchev–Trinajstić information content (AvgIpc) is 2.83. The molecule has 0 atom stereocenters. The first kappa shape index (κ1) is 15.3. The van der Waals surface area contributed by atoms with E-state index in [2.05, 4.69) is 26.5 Å². The van der Waals surface area contributed by atoms with Crippen molar-refractivity contribution in [1.82, 2.24) is 5.43 Å². The summed E-state index contributed by atoms with van der Waals surface area (Å²) >= 11 is 3.37. The number of ether oxygens (including phenoxy) is 1. The van der Waals surface area contributed by atoms with E-state index in [1.54, 1.807) is 6.07 Å². The Balaban J connectivity index is 1.81. The number of hydrogen-bond acceptors (Lipinski definition) is 4. The number of nitrogens with zero attached hydrogens (tertiary/aromatic N) is 1. The van der Waals surface area contributed by atoms with Gasteiger partial charge < -0.3 is 9.15 Å². The molecule has 1 aromatic carbocycles. The van der Waals surface area contributed by atoms with Gasteiger partial charge in [-0.1, -0.05) is 15.9 Å². The van der Waals surface area contributed by atoms with Crippen LogP contribution >= 0.6 is 15.9 Å². The van der Waals surface area contributed by atoms with E-state index in [4.69, 9.17) is 9.15 Å². The summed E-state index contributed by atoms with van der Waals surface area (Å²) in [6, 6.07) is 9.18. The summed E-state index contributed by atoms with van der Waals surface area (Å²) in [6.45, 7) is 3.65. The molecule has 0 aliphatic heterocycles. The maximum Gasteiger partial charge on any atom is 0.277 e. The van der Waals surface area contributed by atoms with Crippen molar-refractivity contribution in [3.63, 3.8) is 0 Å². The minimum absolute atomic E-state index is 0.100. The van der Waals surface area contributed by atoms with Crippen molar-refractivity contribution < 1.29 is 13.9 Å². The zero-order chi connectivity index (χ0) is 15.2. The highest BCUT2D eigenvalue weighted by atomic mass is 79.9. The van der Waals surface area contributed by atoms with Gasteiger partial charge in [-0.3, -0.25) is 4.79 Å². The van der Waals surface area contributed by atoms with Gasteiger partial charge in [0.15, 0.2) is 6.61 Å². The number of hydrazone groups is 1. The Morgan fingerprint density at radius 1 is 1.38 bits per heavy atom. The zero-order valence-corrected chi connectivity index (χ0v) is 13.3. The monoisotopic (exact) mass is 350 g/mol. The molecule has 0 bridgehead atoms. The predicted octanol–water partition coefficient (Wildman–Crippen LogP) is 3.19. The molecule has 5 nitrogen and oxygen atoms in total. The van der Waals surface area contributed by atoms with Crippen LogP contribution in [0.15, 0.2) is 44.3 Å². The lowest BCUT2D eigenvalue weighted by Crippen LogP contribution is -2.24. The van der Waals surface area contributed by atoms with E-state index in [1.165, 1.54) is 6.21 Å². The number of nitrogens with one attached hydrogen (secondary N) is 1. The van der Waals surface area contributed by atoms with Gasteiger partial charge in [0, 0.05) is 4.47 Å². The summed E-state index contributed by atoms with van der Waals surface area (Å²) in [6.07, 6.45) is 1.44. The van der Waals surface area contributed by atoms with Gasteiger partial charge in [-0.25, -0.2) is 5.43 Å². The van der Waals surface area contributed by atoms with Crippen LogP contribution < -0.4 is 10.2 Å². The van der Waals surface area contributed by atoms with Crippen molar-refractivity contribution in [3.05, 3.63) is 51.9 Å². The quantitative estimate of drug-likeness (QED) is 0.665. The average molecular weight is 351 g/mol. The van der Waals surface area contributed by atoms with Crippen LogP contribution in [0, 0.1) is 13.8 Å². The van der Waals surface area contributed by atoms with Crippen LogP contribution in [0.1, 0.15) is 17.1 Å². The van der Waals surface area contributed by atoms with Gasteiger partial charge in [-0.05, 0) is 49.7 Å². The largest absolute Gasteiger partial charge is 0.483 e. The second kappa shape index (κ2) is 7.08. The Bertz CT molecular complexity index is 665. The molecule has 2 rings (SSSR count). The van der Waals surface area contributed by atoms with E-state index in [0.717, 1.165) is 15.8 Å². The molecule has 6 heteroatoms. The number of rotatable bonds is 5. The maximum absolute atomic E-state index is 11.6. The lowest BCUT2D eigenvalue weighted by Gasteiger charge is -2.08. The third-order valence-corrected chi connectivity index (χ3v) is 3.13. The predicted molar refractivity (Wildman–Crippen MR) is 83.6 cm³/mol. The molecule has 2 aromatic rings. The first-order chi connectivity index (χ1) is 10.0. The summed E-state index contributed by atoms with van der Waals surface area (Å²) in [5.74, 6) is 1.70. The molecule has 0 fully saturated rings. The van der Waals surface area contributed by atoms with Gasteiger partial charge in [0.25, 0.3) is 5.91 Å². The van der Waals surface area contributed by atoms with E-state index in [0.29, 0.717) is 11.5 Å². The highest BCUT2D eigenvalue weighted by molar-refractivity contribution is 9.10. The van der Waals surface area contributed by atoms with Crippen LogP contribution in [-0.2, 0) is 4.79 Å². The molecule has 1 heterocycles. The fourth-order valence-corrected chi connectivity index (χ4v) is 2.12. The number of carbonyl (C=O) groups is 1. The van der Waals surface area contributed by atoms with Gasteiger partial charge in [0.05, 0.1) is 6.21 Å². The number of benzene rings is 1. The van der Waals surface area contributed by atoms with E-state index in [1.807, 2.05) is 38.1 Å². The Labute approximate surface area is 131 Å². The summed E-state index contributed by atoms with van der Waals surface area (Å²) in [7, 11) is 0. The number of halogens is 1. The molecular formula is C15H15BrN2O3. The Morgan fingerprint density at radius 2 is 2.19 bits per heavy atom. The molecular weight excluding hydrogens is 336 g/mol. The SMILES string of the molecule is Cc1ccc(/C=N/NC(=O)COc2ccc(Br)cc2C)o1. The first-order valence-corrected chi connectivity index (χ1v) is 7.11. The van der Waals surface area contributed by atoms with Crippen LogP contribution in [0.25, 0.3) is 0 Å². The molecule has 0 radical (unpaired) electrons. The normalized spacial score (nSPS) is 10.8. The van der Waals surface area contributed by atoms with E-state index in [-0.39, 0.29) is 12.5 Å². The van der Waals surface area contributed by atoms with Gasteiger partial charge in [-0.2, -0.15) is 5.10 Å². The van der Waals surface area contributed by atoms with Gasteiger partial charge in [-0.15, -0.1) is 0 Å². The summed E-state index contributed by atoms with van der Waals surface area (Å²) in [5, 5.41) is 3.80. The minimum atomic E-state index is -0.336. The zero-order valence-electron chi connectivity index (χ0n) is 11.7. The fourth-order valence-electron chi connectivity index (χ4n) is 1.64. The van der Waals surface area contributed by atoms with Crippen molar-refractivity contribution in [2.24, 2.45) is 5.10 Å². The van der Waals surface area contributed by atoms with Crippen molar-refractivity contribution in [1.29, 1.82) is 0 Å². The molecule has 0 aliphatic rings. The lowest BCUT2D eigenvalue weighted by atomic mass is 10.2. The van der Waals surface area contributed by atoms with Crippen LogP contribution in [0.2, 0.25) is 0 Å². The molecule has 1 amide bonds. The maximum atomic E-state index is 11.6. The molecule has 21 heavy (non-hydrogen) atoms. The number of amides is 1. The molecule has 0 unspecified atom stereocenters. The molecule has 0 aliphatic carbocycles. The second-order valence-electron chi connectivity index (χ2n) is 4.44. The third kappa shape index (κ3) is 4.75. The fraction of sp³-hybridized carbons (Fsp3) is 0.200. The van der Waals surface area contributed by atoms with Gasteiger partial charge >= 0.3 is 0 Å². The smallest absolute Gasteiger partial charge is 0.277 e. The number of furan rings is 1. The molecule has 0 saturated heterocycles. The third-order valence-electron chi connectivity index (χ3n) is 2.64. The Morgan fingerprint density at radius 3 is 2.86 bits per heavy atom. The second-order valence-corrected chi connectivity index (χ2v) is 5.36. The Hall–Kier alpha value is -2.08. The first-order valence-electron chi connectivity index (χ1n) is 6.32. The van der Waals surface area contributed by atoms with Crippen LogP contribution in [0.3, 0.4) is 0 Å². The summed E-state index contributed by atoms with van der Waals surface area (Å²) < 4.78 is 11.7. The summed E-state index contributed by atoms with van der Waals surface area (Å²) in [4.78, 5) is 11.6. The highest BCUT2D eigenvalue weighted by Crippen LogP contribution is 2.21. The van der Waals surface area contributed by atoms with E-state index >= 15 is 0 Å². The topological polar surface area (TPSA) is 63.8 Å².